The molecular weight excluding hydrogens is 108 g/mol. The SMILES string of the molecule is CCC[C](C)CCl. The molecule has 0 atom stereocenters. The molecule has 7 heavy (non-hydrogen) atoms. The molecule has 0 spiro atoms. The highest BCUT2D eigenvalue weighted by molar-refractivity contribution is 6.19. The van der Waals surface area contributed by atoms with Crippen LogP contribution in [-0.2, 0) is 0 Å². The topological polar surface area (TPSA) is 0 Å². The van der Waals surface area contributed by atoms with Crippen molar-refractivity contribution in [3.63, 3.8) is 0 Å². The third-order valence-corrected chi connectivity index (χ3v) is 1.36. The Hall–Kier alpha value is 0.290. The van der Waals surface area contributed by atoms with E-state index in [1.165, 1.54) is 18.8 Å². The summed E-state index contributed by atoms with van der Waals surface area (Å²) >= 11 is 5.49. The molecule has 0 aromatic carbocycles. The van der Waals surface area contributed by atoms with Gasteiger partial charge in [-0.25, -0.2) is 0 Å². The lowest BCUT2D eigenvalue weighted by Gasteiger charge is -2.00. The standard InChI is InChI=1S/C6H12Cl/c1-3-4-6(2)5-7/h3-5H2,1-2H3. The monoisotopic (exact) mass is 119 g/mol. The second-order valence-electron chi connectivity index (χ2n) is 1.84. The fourth-order valence-corrected chi connectivity index (χ4v) is 0.627. The molecule has 1 radical (unpaired) electrons. The highest BCUT2D eigenvalue weighted by atomic mass is 35.5. The van der Waals surface area contributed by atoms with E-state index in [2.05, 4.69) is 13.8 Å². The smallest absolute Gasteiger partial charge is 0.0282 e. The molecule has 0 aromatic rings. The van der Waals surface area contributed by atoms with E-state index in [9.17, 15) is 0 Å². The first kappa shape index (κ1) is 7.29. The van der Waals surface area contributed by atoms with Crippen molar-refractivity contribution >= 4 is 11.6 Å². The van der Waals surface area contributed by atoms with Crippen LogP contribution in [0.2, 0.25) is 0 Å². The largest absolute Gasteiger partial charge is 0.126 e. The second-order valence-corrected chi connectivity index (χ2v) is 2.11. The Morgan fingerprint density at radius 2 is 2.14 bits per heavy atom. The average Bonchev–Trinajstić information content (AvgIpc) is 1.68. The first-order valence-electron chi connectivity index (χ1n) is 2.68. The molecule has 0 N–H and O–H groups in total. The van der Waals surface area contributed by atoms with Crippen LogP contribution in [0.25, 0.3) is 0 Å². The van der Waals surface area contributed by atoms with Gasteiger partial charge >= 0.3 is 0 Å². The Balaban J connectivity index is 2.83. The molecule has 0 aliphatic heterocycles. The Morgan fingerprint density at radius 1 is 1.57 bits per heavy atom. The van der Waals surface area contributed by atoms with Crippen LogP contribution in [0.5, 0.6) is 0 Å². The van der Waals surface area contributed by atoms with Crippen molar-refractivity contribution in [2.45, 2.75) is 26.7 Å². The molecule has 43 valence electrons. The van der Waals surface area contributed by atoms with Crippen molar-refractivity contribution in [2.75, 3.05) is 5.88 Å². The number of hydrogen-bond donors (Lipinski definition) is 0. The maximum absolute atomic E-state index is 5.49. The number of alkyl halides is 1. The van der Waals surface area contributed by atoms with Gasteiger partial charge in [-0.2, -0.15) is 0 Å². The average molecular weight is 120 g/mol. The van der Waals surface area contributed by atoms with E-state index in [1.54, 1.807) is 0 Å². The highest BCUT2D eigenvalue weighted by Gasteiger charge is 1.95. The Labute approximate surface area is 50.9 Å². The third kappa shape index (κ3) is 4.14. The molecule has 0 unspecified atom stereocenters. The molecular formula is C6H12Cl. The number of hydrogen-bond acceptors (Lipinski definition) is 0. The van der Waals surface area contributed by atoms with Crippen LogP contribution in [0.4, 0.5) is 0 Å². The van der Waals surface area contributed by atoms with Crippen molar-refractivity contribution in [3.8, 4) is 0 Å². The van der Waals surface area contributed by atoms with Gasteiger partial charge in [0.15, 0.2) is 0 Å². The van der Waals surface area contributed by atoms with Gasteiger partial charge in [-0.3, -0.25) is 0 Å². The summed E-state index contributed by atoms with van der Waals surface area (Å²) in [7, 11) is 0. The predicted molar refractivity (Wildman–Crippen MR) is 34.5 cm³/mol. The summed E-state index contributed by atoms with van der Waals surface area (Å²) in [6, 6.07) is 0. The highest BCUT2D eigenvalue weighted by Crippen LogP contribution is 2.07. The summed E-state index contributed by atoms with van der Waals surface area (Å²) in [5.74, 6) is 2.12. The molecule has 0 bridgehead atoms. The molecule has 0 saturated heterocycles. The van der Waals surface area contributed by atoms with Gasteiger partial charge in [-0.1, -0.05) is 20.3 Å². The van der Waals surface area contributed by atoms with Crippen LogP contribution >= 0.6 is 11.6 Å². The summed E-state index contributed by atoms with van der Waals surface area (Å²) in [5, 5.41) is 0. The molecule has 0 aromatic heterocycles. The second kappa shape index (κ2) is 4.45. The van der Waals surface area contributed by atoms with Crippen LogP contribution in [0, 0.1) is 5.92 Å². The first-order chi connectivity index (χ1) is 3.31. The molecule has 1 heteroatoms. The Morgan fingerprint density at radius 3 is 2.29 bits per heavy atom. The quantitative estimate of drug-likeness (QED) is 0.501. The van der Waals surface area contributed by atoms with Crippen molar-refractivity contribution in [1.29, 1.82) is 0 Å². The summed E-state index contributed by atoms with van der Waals surface area (Å²) in [6.45, 7) is 4.26. The molecule has 0 nitrogen and oxygen atoms in total. The lowest BCUT2D eigenvalue weighted by Crippen LogP contribution is -1.89. The summed E-state index contributed by atoms with van der Waals surface area (Å²) in [5.41, 5.74) is 0. The van der Waals surface area contributed by atoms with Crippen molar-refractivity contribution in [3.05, 3.63) is 5.92 Å². The van der Waals surface area contributed by atoms with E-state index in [0.29, 0.717) is 0 Å². The fraction of sp³-hybridized carbons (Fsp3) is 0.833. The molecule has 0 saturated carbocycles. The van der Waals surface area contributed by atoms with Crippen LogP contribution in [0.15, 0.2) is 0 Å². The maximum Gasteiger partial charge on any atom is 0.0282 e. The molecule has 0 rings (SSSR count). The summed E-state index contributed by atoms with van der Waals surface area (Å²) in [4.78, 5) is 0. The van der Waals surface area contributed by atoms with Crippen molar-refractivity contribution in [1.82, 2.24) is 0 Å². The van der Waals surface area contributed by atoms with E-state index in [-0.39, 0.29) is 0 Å². The Bertz CT molecular complexity index is 35.2. The number of halogens is 1. The van der Waals surface area contributed by atoms with Crippen LogP contribution < -0.4 is 0 Å². The van der Waals surface area contributed by atoms with Gasteiger partial charge in [0.1, 0.15) is 0 Å². The summed E-state index contributed by atoms with van der Waals surface area (Å²) < 4.78 is 0. The number of rotatable bonds is 3. The van der Waals surface area contributed by atoms with Gasteiger partial charge in [-0.15, -0.1) is 11.6 Å². The zero-order valence-corrected chi connectivity index (χ0v) is 5.76. The fourth-order valence-electron chi connectivity index (χ4n) is 0.494. The zero-order valence-electron chi connectivity index (χ0n) is 5.00. The van der Waals surface area contributed by atoms with Crippen LogP contribution in [0.1, 0.15) is 26.7 Å². The predicted octanol–water partition coefficient (Wildman–Crippen LogP) is 2.62. The normalized spacial score (nSPS) is 10.3. The van der Waals surface area contributed by atoms with E-state index < -0.39 is 0 Å². The van der Waals surface area contributed by atoms with Crippen molar-refractivity contribution < 1.29 is 0 Å². The molecule has 0 aliphatic rings. The van der Waals surface area contributed by atoms with E-state index in [1.807, 2.05) is 0 Å². The van der Waals surface area contributed by atoms with Gasteiger partial charge in [0, 0.05) is 5.88 Å². The van der Waals surface area contributed by atoms with Crippen molar-refractivity contribution in [2.24, 2.45) is 0 Å². The maximum atomic E-state index is 5.49. The molecule has 0 amide bonds. The van der Waals surface area contributed by atoms with Gasteiger partial charge in [0.05, 0.1) is 0 Å². The minimum atomic E-state index is 0.730. The van der Waals surface area contributed by atoms with Crippen LogP contribution in [0.3, 0.4) is 0 Å². The third-order valence-electron chi connectivity index (χ3n) is 0.905. The van der Waals surface area contributed by atoms with Gasteiger partial charge in [-0.05, 0) is 12.3 Å². The molecule has 0 fully saturated rings. The van der Waals surface area contributed by atoms with Gasteiger partial charge < -0.3 is 0 Å². The van der Waals surface area contributed by atoms with E-state index in [4.69, 9.17) is 11.6 Å². The molecule has 0 heterocycles. The van der Waals surface area contributed by atoms with Gasteiger partial charge in [0.25, 0.3) is 0 Å². The van der Waals surface area contributed by atoms with Gasteiger partial charge in [0.2, 0.25) is 0 Å². The summed E-state index contributed by atoms with van der Waals surface area (Å²) in [6.07, 6.45) is 2.40. The lowest BCUT2D eigenvalue weighted by molar-refractivity contribution is 0.810. The minimum Gasteiger partial charge on any atom is -0.126 e. The van der Waals surface area contributed by atoms with E-state index >= 15 is 0 Å². The van der Waals surface area contributed by atoms with Crippen LogP contribution in [-0.4, -0.2) is 5.88 Å². The van der Waals surface area contributed by atoms with E-state index in [0.717, 1.165) is 5.88 Å². The first-order valence-corrected chi connectivity index (χ1v) is 3.22. The minimum absolute atomic E-state index is 0.730. The lowest BCUT2D eigenvalue weighted by atomic mass is 10.1. The molecule has 0 aliphatic carbocycles. The zero-order chi connectivity index (χ0) is 5.70. The Kier molecular flexibility index (Phi) is 4.63.